The molecule has 3 N–H and O–H groups in total. The first-order chi connectivity index (χ1) is 7.59. The number of anilines is 1. The first-order valence-corrected chi connectivity index (χ1v) is 4.68. The first-order valence-electron chi connectivity index (χ1n) is 4.27. The number of aromatic amines is 1. The topological polar surface area (TPSA) is 103 Å². The van der Waals surface area contributed by atoms with Gasteiger partial charge in [-0.15, -0.1) is 5.10 Å². The zero-order valence-corrected chi connectivity index (χ0v) is 8.77. The van der Waals surface area contributed by atoms with Gasteiger partial charge in [-0.3, -0.25) is 14.7 Å². The minimum Gasteiger partial charge on any atom is -0.368 e. The maximum absolute atomic E-state index is 10.5. The van der Waals surface area contributed by atoms with Crippen LogP contribution in [-0.2, 0) is 0 Å². The molecule has 0 aliphatic carbocycles. The van der Waals surface area contributed by atoms with Crippen LogP contribution in [0.3, 0.4) is 0 Å². The molecule has 0 radical (unpaired) electrons. The highest BCUT2D eigenvalue weighted by Gasteiger charge is 2.08. The largest absolute Gasteiger partial charge is 0.368 e. The molecule has 7 nitrogen and oxygen atoms in total. The Hall–Kier alpha value is -2.22. The molecule has 0 amide bonds. The monoisotopic (exact) mass is 237 g/mol. The number of H-pyrrole nitrogens is 1. The van der Waals surface area contributed by atoms with E-state index in [-0.39, 0.29) is 11.6 Å². The van der Waals surface area contributed by atoms with E-state index in [2.05, 4.69) is 10.2 Å². The summed E-state index contributed by atoms with van der Waals surface area (Å²) in [5.74, 6) is 0.207. The van der Waals surface area contributed by atoms with E-state index in [1.165, 1.54) is 16.7 Å². The summed E-state index contributed by atoms with van der Waals surface area (Å²) in [5, 5.41) is 16.7. The molecule has 2 rings (SSSR count). The lowest BCUT2D eigenvalue weighted by molar-refractivity contribution is -0.384. The second-order valence-corrected chi connectivity index (χ2v) is 3.38. The molecule has 0 saturated carbocycles. The number of hydrogen-bond acceptors (Lipinski definition) is 5. The third-order valence-electron chi connectivity index (χ3n) is 2.02. The first kappa shape index (κ1) is 10.3. The normalized spacial score (nSPS) is 10.2. The minimum atomic E-state index is -0.470. The fraction of sp³-hybridized carbons (Fsp3) is 0. The number of non-ortho nitro benzene ring substituents is 1. The lowest BCUT2D eigenvalue weighted by Gasteiger charge is -2.02. The van der Waals surface area contributed by atoms with Crippen LogP contribution in [0.4, 0.5) is 11.6 Å². The van der Waals surface area contributed by atoms with Gasteiger partial charge < -0.3 is 5.73 Å². The van der Waals surface area contributed by atoms with Crippen LogP contribution < -0.4 is 5.73 Å². The van der Waals surface area contributed by atoms with E-state index in [0.29, 0.717) is 10.5 Å². The van der Waals surface area contributed by atoms with Crippen LogP contribution >= 0.6 is 12.2 Å². The molecular weight excluding hydrogens is 230 g/mol. The molecule has 1 heterocycles. The summed E-state index contributed by atoms with van der Waals surface area (Å²) in [6.07, 6.45) is 0. The Labute approximate surface area is 94.7 Å². The number of nitrogens with two attached hydrogens (primary N) is 1. The van der Waals surface area contributed by atoms with Crippen LogP contribution in [0.15, 0.2) is 24.3 Å². The lowest BCUT2D eigenvalue weighted by atomic mass is 10.3. The Morgan fingerprint density at radius 1 is 1.44 bits per heavy atom. The summed E-state index contributed by atoms with van der Waals surface area (Å²) in [6.45, 7) is 0. The predicted molar refractivity (Wildman–Crippen MR) is 59.8 cm³/mol. The number of hydrogen-bond donors (Lipinski definition) is 2. The fourth-order valence-electron chi connectivity index (χ4n) is 1.28. The van der Waals surface area contributed by atoms with Crippen molar-refractivity contribution in [3.05, 3.63) is 39.2 Å². The van der Waals surface area contributed by atoms with Crippen molar-refractivity contribution in [2.75, 3.05) is 5.73 Å². The maximum atomic E-state index is 10.5. The summed E-state index contributed by atoms with van der Waals surface area (Å²) in [5.41, 5.74) is 6.23. The molecule has 1 aromatic carbocycles. The molecule has 8 heteroatoms. The van der Waals surface area contributed by atoms with Gasteiger partial charge in [-0.25, -0.2) is 5.10 Å². The van der Waals surface area contributed by atoms with E-state index in [0.717, 1.165) is 0 Å². The number of nitro benzene ring substituents is 1. The number of nitro groups is 1. The number of aromatic nitrogens is 3. The van der Waals surface area contributed by atoms with Crippen molar-refractivity contribution in [1.82, 2.24) is 14.8 Å². The van der Waals surface area contributed by atoms with Gasteiger partial charge in [0, 0.05) is 12.1 Å². The van der Waals surface area contributed by atoms with Crippen molar-refractivity contribution in [1.29, 1.82) is 0 Å². The molecule has 0 spiro atoms. The minimum absolute atomic E-state index is 0.0114. The average Bonchev–Trinajstić information content (AvgIpc) is 2.59. The van der Waals surface area contributed by atoms with Crippen LogP contribution in [0.2, 0.25) is 0 Å². The van der Waals surface area contributed by atoms with Gasteiger partial charge in [0.1, 0.15) is 0 Å². The van der Waals surface area contributed by atoms with Crippen LogP contribution in [0.5, 0.6) is 0 Å². The fourth-order valence-corrected chi connectivity index (χ4v) is 1.53. The Bertz CT molecular complexity index is 585. The van der Waals surface area contributed by atoms with Gasteiger partial charge in [0.15, 0.2) is 0 Å². The quantitative estimate of drug-likeness (QED) is 0.467. The second kappa shape index (κ2) is 3.74. The van der Waals surface area contributed by atoms with E-state index in [4.69, 9.17) is 18.0 Å². The van der Waals surface area contributed by atoms with Crippen molar-refractivity contribution in [2.24, 2.45) is 0 Å². The zero-order valence-electron chi connectivity index (χ0n) is 7.95. The summed E-state index contributed by atoms with van der Waals surface area (Å²) < 4.78 is 1.82. The van der Waals surface area contributed by atoms with Gasteiger partial charge in [0.05, 0.1) is 10.6 Å². The molecule has 0 bridgehead atoms. The maximum Gasteiger partial charge on any atom is 0.269 e. The van der Waals surface area contributed by atoms with E-state index in [1.807, 2.05) is 0 Å². The highest BCUT2D eigenvalue weighted by Crippen LogP contribution is 2.17. The summed E-state index contributed by atoms with van der Waals surface area (Å²) in [7, 11) is 0. The molecule has 16 heavy (non-hydrogen) atoms. The van der Waals surface area contributed by atoms with Crippen molar-refractivity contribution >= 4 is 23.9 Å². The highest BCUT2D eigenvalue weighted by molar-refractivity contribution is 7.71. The third-order valence-corrected chi connectivity index (χ3v) is 2.29. The molecule has 82 valence electrons. The van der Waals surface area contributed by atoms with E-state index in [1.54, 1.807) is 12.1 Å². The van der Waals surface area contributed by atoms with Gasteiger partial charge in [-0.2, -0.15) is 0 Å². The Kier molecular flexibility index (Phi) is 2.41. The van der Waals surface area contributed by atoms with Gasteiger partial charge in [-0.05, 0) is 24.4 Å². The molecule has 0 atom stereocenters. The molecule has 0 fully saturated rings. The van der Waals surface area contributed by atoms with E-state index < -0.39 is 4.92 Å². The summed E-state index contributed by atoms with van der Waals surface area (Å²) in [4.78, 5) is 10.00. The number of benzene rings is 1. The summed E-state index contributed by atoms with van der Waals surface area (Å²) in [6, 6.07) is 5.87. The number of nitrogens with one attached hydrogen (secondary N) is 1. The number of rotatable bonds is 2. The number of nitrogen functional groups attached to an aromatic ring is 1. The Balaban J connectivity index is 2.50. The Morgan fingerprint density at radius 3 is 2.50 bits per heavy atom. The molecular formula is C8H7N5O2S. The van der Waals surface area contributed by atoms with Crippen molar-refractivity contribution in [3.63, 3.8) is 0 Å². The molecule has 0 aliphatic rings. The molecule has 0 saturated heterocycles. The van der Waals surface area contributed by atoms with Crippen LogP contribution in [-0.4, -0.2) is 19.7 Å². The molecule has 0 unspecified atom stereocenters. The van der Waals surface area contributed by atoms with Gasteiger partial charge in [0.2, 0.25) is 10.7 Å². The Morgan fingerprint density at radius 2 is 2.06 bits per heavy atom. The van der Waals surface area contributed by atoms with Crippen LogP contribution in [0.25, 0.3) is 5.69 Å². The van der Waals surface area contributed by atoms with Gasteiger partial charge in [-0.1, -0.05) is 0 Å². The SMILES string of the molecule is Nc1n[nH]c(=S)n1-c1ccc([N+](=O)[O-])cc1. The van der Waals surface area contributed by atoms with E-state index in [9.17, 15) is 10.1 Å². The van der Waals surface area contributed by atoms with Crippen molar-refractivity contribution < 1.29 is 4.92 Å². The zero-order chi connectivity index (χ0) is 11.7. The predicted octanol–water partition coefficient (Wildman–Crippen LogP) is 1.42. The smallest absolute Gasteiger partial charge is 0.269 e. The average molecular weight is 237 g/mol. The second-order valence-electron chi connectivity index (χ2n) is 3.00. The van der Waals surface area contributed by atoms with E-state index >= 15 is 0 Å². The lowest BCUT2D eigenvalue weighted by Crippen LogP contribution is -2.00. The number of nitrogens with zero attached hydrogens (tertiary/aromatic N) is 3. The summed E-state index contributed by atoms with van der Waals surface area (Å²) >= 11 is 4.97. The van der Waals surface area contributed by atoms with Gasteiger partial charge >= 0.3 is 0 Å². The van der Waals surface area contributed by atoms with Gasteiger partial charge in [0.25, 0.3) is 5.69 Å². The molecule has 1 aromatic heterocycles. The standard InChI is InChI=1S/C8H7N5O2S/c9-7-10-11-8(16)12(7)5-1-3-6(4-2-5)13(14)15/h1-4H,(H2,9,10)(H,11,16). The van der Waals surface area contributed by atoms with Crippen molar-refractivity contribution in [3.8, 4) is 5.69 Å². The molecule has 0 aliphatic heterocycles. The third kappa shape index (κ3) is 1.65. The van der Waals surface area contributed by atoms with Crippen molar-refractivity contribution in [2.45, 2.75) is 0 Å². The van der Waals surface area contributed by atoms with Crippen LogP contribution in [0.1, 0.15) is 0 Å². The molecule has 2 aromatic rings. The van der Waals surface area contributed by atoms with Crippen LogP contribution in [0, 0.1) is 14.9 Å². The highest BCUT2D eigenvalue weighted by atomic mass is 32.1.